The quantitative estimate of drug-likeness (QED) is 0.823. The van der Waals surface area contributed by atoms with E-state index in [0.29, 0.717) is 5.41 Å². The summed E-state index contributed by atoms with van der Waals surface area (Å²) in [5, 5.41) is 0. The highest BCUT2D eigenvalue weighted by molar-refractivity contribution is 5.58. The molecular formula is C18H30N2O. The van der Waals surface area contributed by atoms with Crippen LogP contribution in [0.25, 0.3) is 0 Å². The van der Waals surface area contributed by atoms with Crippen LogP contribution in [0.5, 0.6) is 5.75 Å². The van der Waals surface area contributed by atoms with E-state index in [-0.39, 0.29) is 0 Å². The molecule has 1 aliphatic heterocycles. The zero-order valence-electron chi connectivity index (χ0n) is 14.1. The van der Waals surface area contributed by atoms with E-state index in [4.69, 9.17) is 4.74 Å². The molecule has 3 nitrogen and oxygen atoms in total. The minimum atomic E-state index is 0.458. The van der Waals surface area contributed by atoms with Gasteiger partial charge in [0, 0.05) is 26.2 Å². The highest BCUT2D eigenvalue weighted by Gasteiger charge is 2.19. The number of para-hydroxylation sites is 2. The number of anilines is 1. The van der Waals surface area contributed by atoms with E-state index >= 15 is 0 Å². The molecule has 0 atom stereocenters. The molecule has 2 rings (SSSR count). The van der Waals surface area contributed by atoms with Crippen molar-refractivity contribution in [3.8, 4) is 5.75 Å². The van der Waals surface area contributed by atoms with Crippen molar-refractivity contribution in [2.75, 3.05) is 44.7 Å². The van der Waals surface area contributed by atoms with Gasteiger partial charge in [-0.3, -0.25) is 4.90 Å². The third-order valence-electron chi connectivity index (χ3n) is 4.20. The summed E-state index contributed by atoms with van der Waals surface area (Å²) in [7, 11) is 1.75. The molecule has 21 heavy (non-hydrogen) atoms. The summed E-state index contributed by atoms with van der Waals surface area (Å²) >= 11 is 0. The summed E-state index contributed by atoms with van der Waals surface area (Å²) in [4.78, 5) is 5.04. The van der Waals surface area contributed by atoms with Crippen molar-refractivity contribution in [2.45, 2.75) is 33.6 Å². The lowest BCUT2D eigenvalue weighted by Gasteiger charge is -2.37. The molecule has 3 heteroatoms. The molecule has 1 aromatic rings. The molecular weight excluding hydrogens is 260 g/mol. The van der Waals surface area contributed by atoms with Crippen molar-refractivity contribution in [2.24, 2.45) is 5.41 Å². The fourth-order valence-electron chi connectivity index (χ4n) is 2.94. The zero-order chi connectivity index (χ0) is 15.3. The Morgan fingerprint density at radius 3 is 2.33 bits per heavy atom. The van der Waals surface area contributed by atoms with E-state index in [2.05, 4.69) is 42.7 Å². The highest BCUT2D eigenvalue weighted by atomic mass is 16.5. The Morgan fingerprint density at radius 2 is 1.71 bits per heavy atom. The fraction of sp³-hybridized carbons (Fsp3) is 0.667. The summed E-state index contributed by atoms with van der Waals surface area (Å²) in [6, 6.07) is 8.33. The highest BCUT2D eigenvalue weighted by Crippen LogP contribution is 2.28. The Balaban J connectivity index is 1.80. The number of methoxy groups -OCH3 is 1. The van der Waals surface area contributed by atoms with Crippen LogP contribution in [0.4, 0.5) is 5.69 Å². The van der Waals surface area contributed by atoms with Gasteiger partial charge in [0.25, 0.3) is 0 Å². The average molecular weight is 290 g/mol. The molecule has 1 heterocycles. The summed E-state index contributed by atoms with van der Waals surface area (Å²) < 4.78 is 5.47. The van der Waals surface area contributed by atoms with E-state index in [1.165, 1.54) is 25.1 Å². The van der Waals surface area contributed by atoms with Crippen LogP contribution in [0.15, 0.2) is 24.3 Å². The maximum Gasteiger partial charge on any atom is 0.142 e. The molecule has 1 aromatic carbocycles. The van der Waals surface area contributed by atoms with Gasteiger partial charge in [0.2, 0.25) is 0 Å². The normalized spacial score (nSPS) is 17.0. The van der Waals surface area contributed by atoms with Crippen molar-refractivity contribution >= 4 is 5.69 Å². The minimum absolute atomic E-state index is 0.458. The Bertz CT molecular complexity index is 431. The standard InChI is InChI=1S/C18H30N2O/c1-18(2,3)10-7-11-19-12-14-20(15-13-19)16-8-5-6-9-17(16)21-4/h5-6,8-9H,7,10-15H2,1-4H3. The minimum Gasteiger partial charge on any atom is -0.495 e. The van der Waals surface area contributed by atoms with Crippen LogP contribution in [0.3, 0.4) is 0 Å². The largest absolute Gasteiger partial charge is 0.495 e. The van der Waals surface area contributed by atoms with E-state index in [1.54, 1.807) is 7.11 Å². The fourth-order valence-corrected chi connectivity index (χ4v) is 2.94. The van der Waals surface area contributed by atoms with Crippen LogP contribution >= 0.6 is 0 Å². The summed E-state index contributed by atoms with van der Waals surface area (Å²) in [5.74, 6) is 0.985. The van der Waals surface area contributed by atoms with Crippen molar-refractivity contribution in [3.63, 3.8) is 0 Å². The molecule has 0 unspecified atom stereocenters. The Hall–Kier alpha value is -1.22. The third-order valence-corrected chi connectivity index (χ3v) is 4.20. The van der Waals surface area contributed by atoms with Gasteiger partial charge < -0.3 is 9.64 Å². The maximum atomic E-state index is 5.47. The van der Waals surface area contributed by atoms with Crippen LogP contribution in [-0.4, -0.2) is 44.7 Å². The van der Waals surface area contributed by atoms with E-state index < -0.39 is 0 Å². The molecule has 0 radical (unpaired) electrons. The number of hydrogen-bond donors (Lipinski definition) is 0. The molecule has 1 saturated heterocycles. The first kappa shape index (κ1) is 16.2. The lowest BCUT2D eigenvalue weighted by Crippen LogP contribution is -2.46. The molecule has 0 amide bonds. The topological polar surface area (TPSA) is 15.7 Å². The second-order valence-electron chi connectivity index (χ2n) is 7.16. The number of ether oxygens (including phenoxy) is 1. The Morgan fingerprint density at radius 1 is 1.05 bits per heavy atom. The molecule has 1 aliphatic rings. The number of piperazine rings is 1. The second-order valence-corrected chi connectivity index (χ2v) is 7.16. The van der Waals surface area contributed by atoms with Crippen LogP contribution in [0, 0.1) is 5.41 Å². The van der Waals surface area contributed by atoms with Gasteiger partial charge in [0.15, 0.2) is 0 Å². The van der Waals surface area contributed by atoms with Gasteiger partial charge in [0.1, 0.15) is 5.75 Å². The van der Waals surface area contributed by atoms with Crippen LogP contribution < -0.4 is 9.64 Å². The molecule has 0 saturated carbocycles. The molecule has 118 valence electrons. The maximum absolute atomic E-state index is 5.47. The monoisotopic (exact) mass is 290 g/mol. The van der Waals surface area contributed by atoms with Gasteiger partial charge in [-0.2, -0.15) is 0 Å². The van der Waals surface area contributed by atoms with Gasteiger partial charge in [0.05, 0.1) is 12.8 Å². The molecule has 1 fully saturated rings. The first-order chi connectivity index (χ1) is 9.99. The SMILES string of the molecule is COc1ccccc1N1CCN(CCCC(C)(C)C)CC1. The van der Waals surface area contributed by atoms with Gasteiger partial charge in [-0.25, -0.2) is 0 Å². The first-order valence-electron chi connectivity index (χ1n) is 8.10. The number of rotatable bonds is 5. The van der Waals surface area contributed by atoms with E-state index in [1.807, 2.05) is 12.1 Å². The Labute approximate surface area is 129 Å². The Kier molecular flexibility index (Phi) is 5.51. The van der Waals surface area contributed by atoms with E-state index in [9.17, 15) is 0 Å². The third kappa shape index (κ3) is 4.92. The van der Waals surface area contributed by atoms with Crippen LogP contribution in [-0.2, 0) is 0 Å². The predicted molar refractivity (Wildman–Crippen MR) is 90.3 cm³/mol. The zero-order valence-corrected chi connectivity index (χ0v) is 14.1. The second kappa shape index (κ2) is 7.17. The summed E-state index contributed by atoms with van der Waals surface area (Å²) in [6.45, 7) is 12.7. The number of nitrogens with zero attached hydrogens (tertiary/aromatic N) is 2. The number of benzene rings is 1. The van der Waals surface area contributed by atoms with Crippen molar-refractivity contribution in [1.29, 1.82) is 0 Å². The van der Waals surface area contributed by atoms with E-state index in [0.717, 1.165) is 31.9 Å². The summed E-state index contributed by atoms with van der Waals surface area (Å²) in [5.41, 5.74) is 1.69. The molecule has 0 bridgehead atoms. The lowest BCUT2D eigenvalue weighted by atomic mass is 9.90. The molecule has 0 spiro atoms. The lowest BCUT2D eigenvalue weighted by molar-refractivity contribution is 0.235. The molecule has 0 aliphatic carbocycles. The molecule has 0 aromatic heterocycles. The molecule has 0 N–H and O–H groups in total. The van der Waals surface area contributed by atoms with Crippen LogP contribution in [0.2, 0.25) is 0 Å². The number of hydrogen-bond acceptors (Lipinski definition) is 3. The van der Waals surface area contributed by atoms with Gasteiger partial charge in [-0.05, 0) is 36.9 Å². The van der Waals surface area contributed by atoms with Crippen molar-refractivity contribution in [1.82, 2.24) is 4.90 Å². The smallest absolute Gasteiger partial charge is 0.142 e. The average Bonchev–Trinajstić information content (AvgIpc) is 2.47. The summed E-state index contributed by atoms with van der Waals surface area (Å²) in [6.07, 6.45) is 2.61. The first-order valence-corrected chi connectivity index (χ1v) is 8.10. The van der Waals surface area contributed by atoms with Gasteiger partial charge in [-0.1, -0.05) is 32.9 Å². The predicted octanol–water partition coefficient (Wildman–Crippen LogP) is 3.64. The van der Waals surface area contributed by atoms with Gasteiger partial charge >= 0.3 is 0 Å². The van der Waals surface area contributed by atoms with Crippen molar-refractivity contribution in [3.05, 3.63) is 24.3 Å². The van der Waals surface area contributed by atoms with Crippen LogP contribution in [0.1, 0.15) is 33.6 Å². The van der Waals surface area contributed by atoms with Crippen molar-refractivity contribution < 1.29 is 4.74 Å². The van der Waals surface area contributed by atoms with Gasteiger partial charge in [-0.15, -0.1) is 0 Å².